The van der Waals surface area contributed by atoms with Gasteiger partial charge in [0.25, 0.3) is 0 Å². The second-order valence-electron chi connectivity index (χ2n) is 1.82. The molecule has 0 aromatic carbocycles. The largest absolute Gasteiger partial charge is 0.328 e. The maximum Gasteiger partial charge on any atom is 0.328 e. The standard InChI is InChI=1S/C5H11NO3S/c1-3-4-5-10(7,8)9-6-2/h2-5H2,1H3. The first-order valence-corrected chi connectivity index (χ1v) is 4.57. The van der Waals surface area contributed by atoms with Crippen LogP contribution < -0.4 is 0 Å². The predicted octanol–water partition coefficient (Wildman–Crippen LogP) is 0.749. The summed E-state index contributed by atoms with van der Waals surface area (Å²) in [6.07, 6.45) is 1.41. The molecule has 0 aromatic heterocycles. The third-order valence-electron chi connectivity index (χ3n) is 0.914. The Kier molecular flexibility index (Phi) is 4.02. The highest BCUT2D eigenvalue weighted by Crippen LogP contribution is 1.97. The Morgan fingerprint density at radius 2 is 2.20 bits per heavy atom. The first-order chi connectivity index (χ1) is 4.62. The van der Waals surface area contributed by atoms with Crippen LogP contribution in [0.15, 0.2) is 5.16 Å². The molecule has 0 heterocycles. The lowest BCUT2D eigenvalue weighted by atomic mass is 10.4. The van der Waals surface area contributed by atoms with Gasteiger partial charge in [-0.05, 0) is 6.42 Å². The van der Waals surface area contributed by atoms with E-state index < -0.39 is 10.1 Å². The Labute approximate surface area is 61.0 Å². The van der Waals surface area contributed by atoms with Gasteiger partial charge in [0, 0.05) is 6.72 Å². The number of hydrogen-bond acceptors (Lipinski definition) is 4. The SMILES string of the molecule is C=NOS(=O)(=O)CCCC. The molecule has 0 rings (SSSR count). The van der Waals surface area contributed by atoms with E-state index in [0.29, 0.717) is 6.42 Å². The second kappa shape index (κ2) is 4.27. The van der Waals surface area contributed by atoms with Crippen LogP contribution >= 0.6 is 0 Å². The minimum Gasteiger partial charge on any atom is -0.269 e. The molecule has 10 heavy (non-hydrogen) atoms. The van der Waals surface area contributed by atoms with Crippen molar-refractivity contribution in [1.29, 1.82) is 0 Å². The van der Waals surface area contributed by atoms with Gasteiger partial charge in [0.2, 0.25) is 0 Å². The molecular weight excluding hydrogens is 154 g/mol. The topological polar surface area (TPSA) is 55.7 Å². The van der Waals surface area contributed by atoms with Crippen LogP contribution in [0.4, 0.5) is 0 Å². The van der Waals surface area contributed by atoms with E-state index >= 15 is 0 Å². The predicted molar refractivity (Wildman–Crippen MR) is 39.3 cm³/mol. The van der Waals surface area contributed by atoms with E-state index in [-0.39, 0.29) is 5.75 Å². The molecule has 5 heteroatoms. The fourth-order valence-electron chi connectivity index (χ4n) is 0.439. The van der Waals surface area contributed by atoms with Crippen LogP contribution in [-0.4, -0.2) is 20.9 Å². The van der Waals surface area contributed by atoms with E-state index in [4.69, 9.17) is 0 Å². The summed E-state index contributed by atoms with van der Waals surface area (Å²) in [5, 5.41) is 2.82. The molecule has 0 aromatic rings. The minimum absolute atomic E-state index is 0.0164. The van der Waals surface area contributed by atoms with Crippen molar-refractivity contribution in [1.82, 2.24) is 0 Å². The summed E-state index contributed by atoms with van der Waals surface area (Å²) in [6.45, 7) is 4.80. The molecule has 0 aliphatic rings. The molecule has 0 fully saturated rings. The van der Waals surface area contributed by atoms with Crippen molar-refractivity contribution in [3.63, 3.8) is 0 Å². The molecule has 0 spiro atoms. The van der Waals surface area contributed by atoms with Crippen molar-refractivity contribution in [3.05, 3.63) is 0 Å². The van der Waals surface area contributed by atoms with Crippen molar-refractivity contribution in [2.24, 2.45) is 5.16 Å². The van der Waals surface area contributed by atoms with E-state index in [1.54, 1.807) is 0 Å². The second-order valence-corrected chi connectivity index (χ2v) is 3.49. The number of hydrogen-bond donors (Lipinski definition) is 0. The lowest BCUT2D eigenvalue weighted by Crippen LogP contribution is -2.06. The van der Waals surface area contributed by atoms with Gasteiger partial charge in [-0.2, -0.15) is 8.42 Å². The summed E-state index contributed by atoms with van der Waals surface area (Å²) in [7, 11) is -3.42. The van der Waals surface area contributed by atoms with E-state index in [0.717, 1.165) is 6.42 Å². The normalized spacial score (nSPS) is 10.9. The summed E-state index contributed by atoms with van der Waals surface area (Å²) in [6, 6.07) is 0. The molecule has 0 aliphatic carbocycles. The average Bonchev–Trinajstić information content (AvgIpc) is 1.84. The van der Waals surface area contributed by atoms with Gasteiger partial charge in [-0.1, -0.05) is 18.5 Å². The molecule has 0 saturated carbocycles. The lowest BCUT2D eigenvalue weighted by molar-refractivity contribution is 0.342. The molecule has 0 atom stereocenters. The van der Waals surface area contributed by atoms with Crippen LogP contribution in [0, 0.1) is 0 Å². The van der Waals surface area contributed by atoms with Gasteiger partial charge in [0.05, 0.1) is 5.75 Å². The summed E-state index contributed by atoms with van der Waals surface area (Å²) in [5.74, 6) is 0.0164. The van der Waals surface area contributed by atoms with Gasteiger partial charge in [0.1, 0.15) is 0 Å². The number of unbranched alkanes of at least 4 members (excludes halogenated alkanes) is 1. The lowest BCUT2D eigenvalue weighted by Gasteiger charge is -1.97. The molecule has 0 unspecified atom stereocenters. The zero-order chi connectivity index (χ0) is 8.04. The van der Waals surface area contributed by atoms with Crippen molar-refractivity contribution in [2.75, 3.05) is 5.75 Å². The maximum absolute atomic E-state index is 10.6. The molecule has 60 valence electrons. The maximum atomic E-state index is 10.6. The summed E-state index contributed by atoms with van der Waals surface area (Å²) < 4.78 is 25.3. The third kappa shape index (κ3) is 4.31. The monoisotopic (exact) mass is 165 g/mol. The van der Waals surface area contributed by atoms with Crippen molar-refractivity contribution in [2.45, 2.75) is 19.8 Å². The molecule has 4 nitrogen and oxygen atoms in total. The van der Waals surface area contributed by atoms with Crippen LogP contribution in [-0.2, 0) is 14.4 Å². The van der Waals surface area contributed by atoms with E-state index in [2.05, 4.69) is 16.2 Å². The fraction of sp³-hybridized carbons (Fsp3) is 0.800. The number of oxime groups is 1. The highest BCUT2D eigenvalue weighted by molar-refractivity contribution is 7.86. The average molecular weight is 165 g/mol. The fourth-order valence-corrected chi connectivity index (χ4v) is 1.32. The van der Waals surface area contributed by atoms with Crippen LogP contribution in [0.25, 0.3) is 0 Å². The van der Waals surface area contributed by atoms with Gasteiger partial charge in [-0.25, -0.2) is 0 Å². The zero-order valence-electron chi connectivity index (χ0n) is 5.91. The Hall–Kier alpha value is -0.580. The highest BCUT2D eigenvalue weighted by Gasteiger charge is 2.08. The van der Waals surface area contributed by atoms with Crippen LogP contribution in [0.3, 0.4) is 0 Å². The minimum atomic E-state index is -3.42. The highest BCUT2D eigenvalue weighted by atomic mass is 32.2. The van der Waals surface area contributed by atoms with Crippen molar-refractivity contribution >= 4 is 16.8 Å². The van der Waals surface area contributed by atoms with Crippen LogP contribution in [0.5, 0.6) is 0 Å². The summed E-state index contributed by atoms with van der Waals surface area (Å²) in [4.78, 5) is 0. The molecule has 0 amide bonds. The number of rotatable bonds is 5. The zero-order valence-corrected chi connectivity index (χ0v) is 6.73. The summed E-state index contributed by atoms with van der Waals surface area (Å²) >= 11 is 0. The molecule has 0 bridgehead atoms. The number of nitrogens with zero attached hydrogens (tertiary/aromatic N) is 1. The molecule has 0 aliphatic heterocycles. The Balaban J connectivity index is 3.76. The van der Waals surface area contributed by atoms with Crippen molar-refractivity contribution < 1.29 is 12.7 Å². The van der Waals surface area contributed by atoms with E-state index in [1.165, 1.54) is 0 Å². The van der Waals surface area contributed by atoms with Gasteiger partial charge >= 0.3 is 10.1 Å². The molecular formula is C5H11NO3S. The van der Waals surface area contributed by atoms with E-state index in [1.807, 2.05) is 6.92 Å². The quantitative estimate of drug-likeness (QED) is 0.446. The van der Waals surface area contributed by atoms with Gasteiger partial charge in [-0.3, -0.25) is 4.28 Å². The van der Waals surface area contributed by atoms with Gasteiger partial charge in [-0.15, -0.1) is 0 Å². The Morgan fingerprint density at radius 3 is 2.60 bits per heavy atom. The Bertz CT molecular complexity index is 185. The first-order valence-electron chi connectivity index (χ1n) is 2.99. The van der Waals surface area contributed by atoms with Crippen molar-refractivity contribution in [3.8, 4) is 0 Å². The van der Waals surface area contributed by atoms with E-state index in [9.17, 15) is 8.42 Å². The van der Waals surface area contributed by atoms with Gasteiger partial charge in [0.15, 0.2) is 0 Å². The molecule has 0 radical (unpaired) electrons. The van der Waals surface area contributed by atoms with Gasteiger partial charge < -0.3 is 0 Å². The smallest absolute Gasteiger partial charge is 0.269 e. The van der Waals surface area contributed by atoms with Crippen LogP contribution in [0.2, 0.25) is 0 Å². The first kappa shape index (κ1) is 9.42. The Morgan fingerprint density at radius 1 is 1.60 bits per heavy atom. The molecule has 0 saturated heterocycles. The van der Waals surface area contributed by atoms with Crippen LogP contribution in [0.1, 0.15) is 19.8 Å². The summed E-state index contributed by atoms with van der Waals surface area (Å²) in [5.41, 5.74) is 0. The molecule has 0 N–H and O–H groups in total. The third-order valence-corrected chi connectivity index (χ3v) is 2.04.